The first-order chi connectivity index (χ1) is 33.0. The van der Waals surface area contributed by atoms with Crippen LogP contribution < -0.4 is 25.5 Å². The van der Waals surface area contributed by atoms with Gasteiger partial charge >= 0.3 is 19.8 Å². The van der Waals surface area contributed by atoms with Crippen LogP contribution >= 0.6 is 7.82 Å². The van der Waals surface area contributed by atoms with Gasteiger partial charge in [-0.05, 0) is 18.7 Å². The van der Waals surface area contributed by atoms with Gasteiger partial charge in [-0.15, -0.1) is 0 Å². The Morgan fingerprint density at radius 2 is 0.855 bits per heavy atom. The van der Waals surface area contributed by atoms with Crippen molar-refractivity contribution in [3.63, 3.8) is 0 Å². The topological polar surface area (TPSA) is 314 Å². The SMILES string of the molecule is CCCCCCCCCCCCCC(=O)OC[C@H](COP(=O)(O)OCCN=C([O-])CN(CCN(CCN(CC(=O)[O-])CC(=O)[O-])CC(=O)[O-])CC(=O)[O-])OC(=O)CCCCCCCCCCCCC. The molecule has 0 saturated heterocycles. The molecule has 0 bridgehead atoms. The maximum absolute atomic E-state index is 12.8. The van der Waals surface area contributed by atoms with Crippen molar-refractivity contribution in [1.29, 1.82) is 0 Å². The molecule has 0 aliphatic carbocycles. The fourth-order valence-corrected chi connectivity index (χ4v) is 8.00. The zero-order valence-electron chi connectivity index (χ0n) is 41.5. The first-order valence-electron chi connectivity index (χ1n) is 25.1. The second-order valence-corrected chi connectivity index (χ2v) is 18.9. The third-order valence-corrected chi connectivity index (χ3v) is 12.0. The first kappa shape index (κ1) is 65.3. The maximum Gasteiger partial charge on any atom is 0.472 e. The van der Waals surface area contributed by atoms with Crippen molar-refractivity contribution in [2.24, 2.45) is 4.99 Å². The molecule has 0 heterocycles. The molecule has 0 aromatic heterocycles. The van der Waals surface area contributed by atoms with Crippen molar-refractivity contribution < 1.29 is 82.3 Å². The van der Waals surface area contributed by atoms with E-state index in [9.17, 15) is 63.8 Å². The minimum absolute atomic E-state index is 0.0968. The molecule has 0 saturated carbocycles. The van der Waals surface area contributed by atoms with Gasteiger partial charge in [0.2, 0.25) is 0 Å². The zero-order chi connectivity index (χ0) is 51.5. The van der Waals surface area contributed by atoms with Gasteiger partial charge in [0.05, 0.1) is 43.6 Å². The second kappa shape index (κ2) is 43.1. The minimum atomic E-state index is -4.83. The average molecular weight is 1010 g/mol. The third-order valence-electron chi connectivity index (χ3n) is 11.0. The number of esters is 2. The number of nitrogens with zero attached hydrogens (tertiary/aromatic N) is 4. The molecule has 0 radical (unpaired) electrons. The van der Waals surface area contributed by atoms with Crippen LogP contribution in [0.1, 0.15) is 168 Å². The van der Waals surface area contributed by atoms with E-state index in [1.54, 1.807) is 0 Å². The van der Waals surface area contributed by atoms with Gasteiger partial charge in [0.1, 0.15) is 6.61 Å². The summed E-state index contributed by atoms with van der Waals surface area (Å²) in [5, 5.41) is 57.4. The highest BCUT2D eigenvalue weighted by Gasteiger charge is 2.26. The largest absolute Gasteiger partial charge is 0.861 e. The van der Waals surface area contributed by atoms with Crippen molar-refractivity contribution in [1.82, 2.24) is 14.7 Å². The zero-order valence-corrected chi connectivity index (χ0v) is 42.3. The smallest absolute Gasteiger partial charge is 0.472 e. The molecule has 0 rings (SSSR count). The van der Waals surface area contributed by atoms with E-state index < -0.39 is 115 Å². The number of aliphatic imine (C=N–C) groups is 1. The Balaban J connectivity index is 5.20. The lowest BCUT2D eigenvalue weighted by Gasteiger charge is -2.31. The van der Waals surface area contributed by atoms with Crippen LogP contribution in [0.4, 0.5) is 0 Å². The molecular formula is C47H82N4O17P-5. The van der Waals surface area contributed by atoms with Crippen molar-refractivity contribution in [2.45, 2.75) is 174 Å². The van der Waals surface area contributed by atoms with Gasteiger partial charge in [-0.3, -0.25) is 33.3 Å². The molecule has 0 aromatic carbocycles. The number of carbonyl (C=O) groups excluding carboxylic acids is 6. The van der Waals surface area contributed by atoms with Gasteiger partial charge in [-0.25, -0.2) is 4.57 Å². The van der Waals surface area contributed by atoms with Crippen LogP contribution in [0.15, 0.2) is 4.99 Å². The molecule has 0 fully saturated rings. The van der Waals surface area contributed by atoms with Crippen LogP contribution in [-0.4, -0.2) is 153 Å². The number of aliphatic carboxylic acids is 4. The summed E-state index contributed by atoms with van der Waals surface area (Å²) in [6, 6.07) is 0. The molecule has 0 aromatic rings. The summed E-state index contributed by atoms with van der Waals surface area (Å²) in [7, 11) is -4.83. The lowest BCUT2D eigenvalue weighted by Crippen LogP contribution is -2.50. The Labute approximate surface area is 409 Å². The summed E-state index contributed by atoms with van der Waals surface area (Å²) >= 11 is 0. The van der Waals surface area contributed by atoms with E-state index in [4.69, 9.17) is 18.5 Å². The van der Waals surface area contributed by atoms with Crippen LogP contribution in [0.25, 0.3) is 0 Å². The van der Waals surface area contributed by atoms with Crippen LogP contribution in [0, 0.1) is 0 Å². The first-order valence-corrected chi connectivity index (χ1v) is 26.6. The molecule has 22 heteroatoms. The number of carbonyl (C=O) groups is 6. The summed E-state index contributed by atoms with van der Waals surface area (Å²) in [4.78, 5) is 87.3. The number of ether oxygens (including phenoxy) is 2. The van der Waals surface area contributed by atoms with Crippen molar-refractivity contribution in [3.8, 4) is 0 Å². The molecule has 2 atom stereocenters. The van der Waals surface area contributed by atoms with E-state index in [0.29, 0.717) is 12.8 Å². The molecule has 0 aliphatic heterocycles. The van der Waals surface area contributed by atoms with Crippen molar-refractivity contribution in [2.75, 3.05) is 85.3 Å². The Bertz CT molecular complexity index is 1470. The highest BCUT2D eigenvalue weighted by molar-refractivity contribution is 7.47. The number of carboxylic acids is 4. The molecule has 0 spiro atoms. The number of phosphoric acid groups is 1. The number of phosphoric ester groups is 1. The van der Waals surface area contributed by atoms with Gasteiger partial charge in [0.25, 0.3) is 0 Å². The Kier molecular flexibility index (Phi) is 40.8. The van der Waals surface area contributed by atoms with E-state index in [1.807, 2.05) is 0 Å². The minimum Gasteiger partial charge on any atom is -0.861 e. The molecule has 21 nitrogen and oxygen atoms in total. The summed E-state index contributed by atoms with van der Waals surface area (Å²) < 4.78 is 33.6. The number of unbranched alkanes of at least 4 members (excludes halogenated alkanes) is 20. The van der Waals surface area contributed by atoms with Crippen molar-refractivity contribution >= 4 is 49.5 Å². The predicted molar refractivity (Wildman–Crippen MR) is 246 cm³/mol. The fourth-order valence-electron chi connectivity index (χ4n) is 7.26. The van der Waals surface area contributed by atoms with Gasteiger partial charge in [-0.2, -0.15) is 0 Å². The molecule has 402 valence electrons. The van der Waals surface area contributed by atoms with Gasteiger partial charge in [0.15, 0.2) is 6.10 Å². The van der Waals surface area contributed by atoms with Crippen LogP contribution in [0.5, 0.6) is 0 Å². The Morgan fingerprint density at radius 1 is 0.493 bits per heavy atom. The quantitative estimate of drug-likeness (QED) is 0.0287. The van der Waals surface area contributed by atoms with Gasteiger partial charge < -0.3 is 64.1 Å². The molecule has 1 unspecified atom stereocenters. The highest BCUT2D eigenvalue weighted by Crippen LogP contribution is 2.43. The van der Waals surface area contributed by atoms with Crippen LogP contribution in [0.2, 0.25) is 0 Å². The highest BCUT2D eigenvalue weighted by atomic mass is 31.2. The van der Waals surface area contributed by atoms with E-state index >= 15 is 0 Å². The second-order valence-electron chi connectivity index (χ2n) is 17.4. The average Bonchev–Trinajstić information content (AvgIpc) is 3.27. The van der Waals surface area contributed by atoms with Gasteiger partial charge in [0, 0.05) is 71.7 Å². The molecule has 0 amide bonds. The number of carboxylic acid groups (broad SMARTS) is 4. The summed E-state index contributed by atoms with van der Waals surface area (Å²) in [6.45, 7) is -2.28. The lowest BCUT2D eigenvalue weighted by molar-refractivity contribution is -0.311. The summed E-state index contributed by atoms with van der Waals surface area (Å²) in [5.74, 6) is -8.26. The fraction of sp³-hybridized carbons (Fsp3) is 0.851. The molecule has 1 N–H and O–H groups in total. The lowest BCUT2D eigenvalue weighted by atomic mass is 10.1. The third kappa shape index (κ3) is 44.0. The van der Waals surface area contributed by atoms with Crippen LogP contribution in [0.3, 0.4) is 0 Å². The molecule has 0 aliphatic rings. The van der Waals surface area contributed by atoms with E-state index in [-0.39, 0.29) is 39.0 Å². The molecule has 69 heavy (non-hydrogen) atoms. The monoisotopic (exact) mass is 1010 g/mol. The van der Waals surface area contributed by atoms with E-state index in [1.165, 1.54) is 81.9 Å². The van der Waals surface area contributed by atoms with E-state index in [2.05, 4.69) is 18.8 Å². The number of hydrogen-bond acceptors (Lipinski definition) is 20. The van der Waals surface area contributed by atoms with E-state index in [0.717, 1.165) is 61.2 Å². The number of rotatable bonds is 50. The Hall–Kier alpha value is -3.72. The predicted octanol–water partition coefficient (Wildman–Crippen LogP) is 0.642. The number of hydrogen-bond donors (Lipinski definition) is 1. The van der Waals surface area contributed by atoms with Crippen LogP contribution in [-0.2, 0) is 51.9 Å². The summed E-state index contributed by atoms with van der Waals surface area (Å²) in [5.41, 5.74) is 0. The Morgan fingerprint density at radius 3 is 1.28 bits per heavy atom. The molecular weight excluding hydrogens is 924 g/mol. The van der Waals surface area contributed by atoms with Gasteiger partial charge in [-0.1, -0.05) is 142 Å². The maximum atomic E-state index is 12.8. The summed E-state index contributed by atoms with van der Waals surface area (Å²) in [6.07, 6.45) is 23.3. The normalized spacial score (nSPS) is 13.2. The van der Waals surface area contributed by atoms with Crippen molar-refractivity contribution in [3.05, 3.63) is 0 Å². The standard InChI is InChI=1S/C47H87N4O17P/c1-3-5-7-9-11-13-15-17-19-21-23-25-46(61)65-38-40(68-47(62)26-24-22-20-18-16-14-12-10-8-6-4-2)39-67-69(63,64)66-32-27-48-41(52)33-50(35-43(55)56)30-28-49(34-42(53)54)29-31-51(36-44(57)58)37-45(59)60/h40H,3-39H2,1-2H3,(H,48,52)(H,53,54)(H,55,56)(H,57,58)(H,59,60)(H,63,64)/p-5/t40-/m1/s1.